The highest BCUT2D eigenvalue weighted by atomic mass is 16.5. The van der Waals surface area contributed by atoms with Crippen LogP contribution in [0.3, 0.4) is 0 Å². The first-order valence-electron chi connectivity index (χ1n) is 8.67. The molecule has 0 aliphatic carbocycles. The van der Waals surface area contributed by atoms with Crippen LogP contribution in [0, 0.1) is 0 Å². The molecule has 7 heteroatoms. The second-order valence-electron chi connectivity index (χ2n) is 6.06. The number of nitrogens with one attached hydrogen (secondary N) is 1. The summed E-state index contributed by atoms with van der Waals surface area (Å²) in [7, 11) is 2.91. The number of methoxy groups -OCH3 is 2. The van der Waals surface area contributed by atoms with Crippen LogP contribution in [0.5, 0.6) is 11.5 Å². The number of ether oxygens (including phenoxy) is 3. The Hall–Kier alpha value is -3.35. The number of amides is 1. The maximum absolute atomic E-state index is 12.2. The average molecular weight is 385 g/mol. The van der Waals surface area contributed by atoms with Crippen molar-refractivity contribution in [3.63, 3.8) is 0 Å². The molecule has 0 aliphatic rings. The van der Waals surface area contributed by atoms with Crippen molar-refractivity contribution in [2.75, 3.05) is 20.8 Å². The molecular weight excluding hydrogens is 362 g/mol. The highest BCUT2D eigenvalue weighted by Gasteiger charge is 2.20. The SMILES string of the molecule is COc1ccc(C(=O)OCC(=O)N[C@H](Cc2ccccc2)C(C)=O)c(OC)c1. The summed E-state index contributed by atoms with van der Waals surface area (Å²) in [4.78, 5) is 36.2. The molecule has 0 unspecified atom stereocenters. The molecule has 0 fully saturated rings. The van der Waals surface area contributed by atoms with E-state index in [0.717, 1.165) is 5.56 Å². The zero-order valence-corrected chi connectivity index (χ0v) is 16.1. The largest absolute Gasteiger partial charge is 0.497 e. The standard InChI is InChI=1S/C21H23NO6/c1-14(23)18(11-15-7-5-4-6-8-15)22-20(24)13-28-21(25)17-10-9-16(26-2)12-19(17)27-3/h4-10,12,18H,11,13H2,1-3H3,(H,22,24)/t18-/m1/s1. The predicted molar refractivity (Wildman–Crippen MR) is 103 cm³/mol. The Balaban J connectivity index is 1.95. The van der Waals surface area contributed by atoms with Gasteiger partial charge in [0.15, 0.2) is 12.4 Å². The Kier molecular flexibility index (Phi) is 7.56. The molecule has 1 amide bonds. The van der Waals surface area contributed by atoms with Crippen LogP contribution in [0.2, 0.25) is 0 Å². The first-order chi connectivity index (χ1) is 13.4. The molecule has 1 atom stereocenters. The van der Waals surface area contributed by atoms with Crippen LogP contribution in [0.4, 0.5) is 0 Å². The van der Waals surface area contributed by atoms with Gasteiger partial charge >= 0.3 is 5.97 Å². The van der Waals surface area contributed by atoms with Crippen LogP contribution < -0.4 is 14.8 Å². The van der Waals surface area contributed by atoms with Gasteiger partial charge in [-0.2, -0.15) is 0 Å². The van der Waals surface area contributed by atoms with Crippen molar-refractivity contribution in [3.8, 4) is 11.5 Å². The molecule has 148 valence electrons. The third kappa shape index (κ3) is 5.84. The molecule has 0 radical (unpaired) electrons. The minimum atomic E-state index is -0.711. The van der Waals surface area contributed by atoms with E-state index in [2.05, 4.69) is 5.32 Å². The highest BCUT2D eigenvalue weighted by molar-refractivity contribution is 5.95. The number of Topliss-reactive ketones (excluding diaryl/α,β-unsaturated/α-hetero) is 1. The average Bonchev–Trinajstić information content (AvgIpc) is 2.71. The van der Waals surface area contributed by atoms with Crippen molar-refractivity contribution >= 4 is 17.7 Å². The number of ketones is 1. The van der Waals surface area contributed by atoms with E-state index in [-0.39, 0.29) is 17.1 Å². The van der Waals surface area contributed by atoms with Crippen molar-refractivity contribution in [2.24, 2.45) is 0 Å². The predicted octanol–water partition coefficient (Wildman–Crippen LogP) is 2.18. The smallest absolute Gasteiger partial charge is 0.342 e. The molecule has 2 aromatic carbocycles. The van der Waals surface area contributed by atoms with Crippen LogP contribution in [-0.2, 0) is 20.7 Å². The summed E-state index contributed by atoms with van der Waals surface area (Å²) in [6.07, 6.45) is 0.363. The summed E-state index contributed by atoms with van der Waals surface area (Å²) in [5, 5.41) is 2.60. The van der Waals surface area contributed by atoms with Gasteiger partial charge < -0.3 is 19.5 Å². The van der Waals surface area contributed by atoms with Gasteiger partial charge in [0.1, 0.15) is 17.1 Å². The third-order valence-electron chi connectivity index (χ3n) is 4.07. The zero-order chi connectivity index (χ0) is 20.5. The van der Waals surface area contributed by atoms with Crippen LogP contribution in [0.1, 0.15) is 22.8 Å². The topological polar surface area (TPSA) is 90.9 Å². The summed E-state index contributed by atoms with van der Waals surface area (Å²) in [5.41, 5.74) is 1.09. The van der Waals surface area contributed by atoms with Gasteiger partial charge in [-0.3, -0.25) is 9.59 Å². The van der Waals surface area contributed by atoms with Crippen LogP contribution in [0.15, 0.2) is 48.5 Å². The fraction of sp³-hybridized carbons (Fsp3) is 0.286. The van der Waals surface area contributed by atoms with E-state index in [4.69, 9.17) is 14.2 Å². The molecular formula is C21H23NO6. The van der Waals surface area contributed by atoms with E-state index in [0.29, 0.717) is 12.2 Å². The molecule has 0 spiro atoms. The summed E-state index contributed by atoms with van der Waals surface area (Å²) < 4.78 is 15.3. The number of rotatable bonds is 9. The van der Waals surface area contributed by atoms with Crippen molar-refractivity contribution in [2.45, 2.75) is 19.4 Å². The molecule has 2 rings (SSSR count). The molecule has 0 heterocycles. The number of hydrogen-bond donors (Lipinski definition) is 1. The van der Waals surface area contributed by atoms with Gasteiger partial charge in [0, 0.05) is 6.07 Å². The lowest BCUT2D eigenvalue weighted by atomic mass is 10.0. The van der Waals surface area contributed by atoms with E-state index in [1.807, 2.05) is 30.3 Å². The summed E-state index contributed by atoms with van der Waals surface area (Å²) >= 11 is 0. The first kappa shape index (κ1) is 21.0. The lowest BCUT2D eigenvalue weighted by Gasteiger charge is -2.16. The number of carbonyl (C=O) groups excluding carboxylic acids is 3. The molecule has 1 N–H and O–H groups in total. The minimum Gasteiger partial charge on any atom is -0.497 e. The van der Waals surface area contributed by atoms with E-state index in [9.17, 15) is 14.4 Å². The normalized spacial score (nSPS) is 11.2. The Morgan fingerprint density at radius 2 is 1.71 bits per heavy atom. The van der Waals surface area contributed by atoms with Gasteiger partial charge in [-0.25, -0.2) is 4.79 Å². The molecule has 0 bridgehead atoms. The van der Waals surface area contributed by atoms with Gasteiger partial charge in [-0.05, 0) is 31.0 Å². The summed E-state index contributed by atoms with van der Waals surface area (Å²) in [5.74, 6) is -0.652. The molecule has 0 saturated carbocycles. The lowest BCUT2D eigenvalue weighted by Crippen LogP contribution is -2.43. The second-order valence-corrected chi connectivity index (χ2v) is 6.06. The second kappa shape index (κ2) is 10.1. The zero-order valence-electron chi connectivity index (χ0n) is 16.1. The molecule has 7 nitrogen and oxygen atoms in total. The van der Waals surface area contributed by atoms with Gasteiger partial charge in [0.2, 0.25) is 0 Å². The maximum Gasteiger partial charge on any atom is 0.342 e. The Labute approximate surface area is 163 Å². The maximum atomic E-state index is 12.2. The summed E-state index contributed by atoms with van der Waals surface area (Å²) in [6, 6.07) is 13.3. The van der Waals surface area contributed by atoms with Crippen LogP contribution in [0.25, 0.3) is 0 Å². The quantitative estimate of drug-likeness (QED) is 0.666. The van der Waals surface area contributed by atoms with Crippen LogP contribution in [-0.4, -0.2) is 44.5 Å². The number of esters is 1. The van der Waals surface area contributed by atoms with Crippen molar-refractivity contribution in [3.05, 3.63) is 59.7 Å². The number of benzene rings is 2. The first-order valence-corrected chi connectivity index (χ1v) is 8.67. The van der Waals surface area contributed by atoms with Gasteiger partial charge in [-0.1, -0.05) is 30.3 Å². The van der Waals surface area contributed by atoms with Crippen molar-refractivity contribution < 1.29 is 28.6 Å². The van der Waals surface area contributed by atoms with Crippen molar-refractivity contribution in [1.82, 2.24) is 5.32 Å². The van der Waals surface area contributed by atoms with Gasteiger partial charge in [-0.15, -0.1) is 0 Å². The van der Waals surface area contributed by atoms with Gasteiger partial charge in [0.05, 0.1) is 20.3 Å². The number of hydrogen-bond acceptors (Lipinski definition) is 6. The Morgan fingerprint density at radius 3 is 2.32 bits per heavy atom. The monoisotopic (exact) mass is 385 g/mol. The minimum absolute atomic E-state index is 0.170. The Morgan fingerprint density at radius 1 is 1.00 bits per heavy atom. The fourth-order valence-electron chi connectivity index (χ4n) is 2.56. The van der Waals surface area contributed by atoms with E-state index in [1.54, 1.807) is 12.1 Å². The lowest BCUT2D eigenvalue weighted by molar-refractivity contribution is -0.128. The van der Waals surface area contributed by atoms with E-state index < -0.39 is 24.5 Å². The molecule has 2 aromatic rings. The van der Waals surface area contributed by atoms with Crippen molar-refractivity contribution in [1.29, 1.82) is 0 Å². The van der Waals surface area contributed by atoms with E-state index in [1.165, 1.54) is 27.2 Å². The fourth-order valence-corrected chi connectivity index (χ4v) is 2.56. The Bertz CT molecular complexity index is 834. The van der Waals surface area contributed by atoms with Gasteiger partial charge in [0.25, 0.3) is 5.91 Å². The van der Waals surface area contributed by atoms with E-state index >= 15 is 0 Å². The highest BCUT2D eigenvalue weighted by Crippen LogP contribution is 2.25. The molecule has 28 heavy (non-hydrogen) atoms. The molecule has 0 saturated heterocycles. The third-order valence-corrected chi connectivity index (χ3v) is 4.07. The summed E-state index contributed by atoms with van der Waals surface area (Å²) in [6.45, 7) is 0.898. The molecule has 0 aromatic heterocycles. The van der Waals surface area contributed by atoms with Crippen LogP contribution >= 0.6 is 0 Å². The molecule has 0 aliphatic heterocycles. The number of carbonyl (C=O) groups is 3.